The summed E-state index contributed by atoms with van der Waals surface area (Å²) < 4.78 is 5.90. The molecule has 1 fully saturated rings. The Kier molecular flexibility index (Phi) is 3.27. The van der Waals surface area contributed by atoms with Crippen LogP contribution in [-0.4, -0.2) is 17.3 Å². The second-order valence-electron chi connectivity index (χ2n) is 5.51. The quantitative estimate of drug-likeness (QED) is 0.843. The topological polar surface area (TPSA) is 55.5 Å². The maximum Gasteiger partial charge on any atom is 0.124 e. The molecule has 0 saturated heterocycles. The fourth-order valence-corrected chi connectivity index (χ4v) is 3.12. The van der Waals surface area contributed by atoms with Crippen LogP contribution in [0.3, 0.4) is 0 Å². The number of aliphatic hydroxyl groups excluding tert-OH is 1. The summed E-state index contributed by atoms with van der Waals surface area (Å²) in [6.45, 7) is 0. The van der Waals surface area contributed by atoms with Gasteiger partial charge in [0.1, 0.15) is 11.9 Å². The average molecular weight is 247 g/mol. The Morgan fingerprint density at radius 2 is 2.06 bits per heavy atom. The van der Waals surface area contributed by atoms with Gasteiger partial charge < -0.3 is 15.6 Å². The zero-order chi connectivity index (χ0) is 12.5. The predicted molar refractivity (Wildman–Crippen MR) is 70.6 cm³/mol. The summed E-state index contributed by atoms with van der Waals surface area (Å²) in [7, 11) is 0. The Morgan fingerprint density at radius 1 is 1.17 bits per heavy atom. The van der Waals surface area contributed by atoms with Gasteiger partial charge >= 0.3 is 0 Å². The number of ether oxygens (including phenoxy) is 1. The molecule has 0 amide bonds. The third-order valence-corrected chi connectivity index (χ3v) is 4.18. The smallest absolute Gasteiger partial charge is 0.124 e. The standard InChI is InChI=1S/C15H21NO2/c16-13-4-1-3-10-9-11(7-8-12(10)13)18-15-6-2-5-14(15)17/h7-9,13-15,17H,1-6,16H2. The van der Waals surface area contributed by atoms with Crippen molar-refractivity contribution in [3.05, 3.63) is 29.3 Å². The summed E-state index contributed by atoms with van der Waals surface area (Å²) in [6.07, 6.45) is 5.87. The predicted octanol–water partition coefficient (Wildman–Crippen LogP) is 2.31. The van der Waals surface area contributed by atoms with Crippen molar-refractivity contribution in [3.63, 3.8) is 0 Å². The van der Waals surface area contributed by atoms with Gasteiger partial charge in [0.2, 0.25) is 0 Å². The van der Waals surface area contributed by atoms with Crippen molar-refractivity contribution in [2.75, 3.05) is 0 Å². The van der Waals surface area contributed by atoms with Crippen LogP contribution in [-0.2, 0) is 6.42 Å². The first-order valence-corrected chi connectivity index (χ1v) is 6.97. The zero-order valence-corrected chi connectivity index (χ0v) is 10.6. The molecule has 1 saturated carbocycles. The van der Waals surface area contributed by atoms with E-state index in [-0.39, 0.29) is 18.2 Å². The molecule has 3 heteroatoms. The van der Waals surface area contributed by atoms with Crippen LogP contribution in [0.1, 0.15) is 49.3 Å². The van der Waals surface area contributed by atoms with Crippen LogP contribution in [0.25, 0.3) is 0 Å². The number of aliphatic hydroxyl groups is 1. The van der Waals surface area contributed by atoms with Crippen molar-refractivity contribution in [1.82, 2.24) is 0 Å². The van der Waals surface area contributed by atoms with Crippen molar-refractivity contribution >= 4 is 0 Å². The monoisotopic (exact) mass is 247 g/mol. The zero-order valence-electron chi connectivity index (χ0n) is 10.6. The molecule has 0 radical (unpaired) electrons. The number of aryl methyl sites for hydroxylation is 1. The molecule has 2 aliphatic rings. The van der Waals surface area contributed by atoms with Gasteiger partial charge in [-0.15, -0.1) is 0 Å². The van der Waals surface area contributed by atoms with Gasteiger partial charge in [-0.25, -0.2) is 0 Å². The lowest BCUT2D eigenvalue weighted by molar-refractivity contribution is 0.0603. The van der Waals surface area contributed by atoms with Crippen LogP contribution >= 0.6 is 0 Å². The minimum Gasteiger partial charge on any atom is -0.488 e. The van der Waals surface area contributed by atoms with Crippen molar-refractivity contribution in [3.8, 4) is 5.75 Å². The summed E-state index contributed by atoms with van der Waals surface area (Å²) in [5.74, 6) is 0.883. The van der Waals surface area contributed by atoms with Gasteiger partial charge in [0.25, 0.3) is 0 Å². The first kappa shape index (κ1) is 12.0. The van der Waals surface area contributed by atoms with E-state index >= 15 is 0 Å². The molecule has 3 rings (SSSR count). The van der Waals surface area contributed by atoms with Gasteiger partial charge in [0, 0.05) is 6.04 Å². The lowest BCUT2D eigenvalue weighted by Gasteiger charge is -2.24. The molecule has 18 heavy (non-hydrogen) atoms. The van der Waals surface area contributed by atoms with Crippen LogP contribution in [0.2, 0.25) is 0 Å². The van der Waals surface area contributed by atoms with Crippen LogP contribution in [0.4, 0.5) is 0 Å². The summed E-state index contributed by atoms with van der Waals surface area (Å²) in [6, 6.07) is 6.38. The molecule has 98 valence electrons. The van der Waals surface area contributed by atoms with Crippen molar-refractivity contribution in [2.45, 2.75) is 56.8 Å². The number of hydrogen-bond acceptors (Lipinski definition) is 3. The average Bonchev–Trinajstić information content (AvgIpc) is 2.75. The maximum atomic E-state index is 9.79. The van der Waals surface area contributed by atoms with E-state index in [1.807, 2.05) is 6.07 Å². The van der Waals surface area contributed by atoms with Gasteiger partial charge in [0.05, 0.1) is 6.10 Å². The minimum absolute atomic E-state index is 0.0275. The molecule has 0 heterocycles. The second-order valence-corrected chi connectivity index (χ2v) is 5.51. The number of hydrogen-bond donors (Lipinski definition) is 2. The molecule has 1 aromatic rings. The number of benzene rings is 1. The summed E-state index contributed by atoms with van der Waals surface area (Å²) in [4.78, 5) is 0. The van der Waals surface area contributed by atoms with E-state index in [4.69, 9.17) is 10.5 Å². The molecule has 3 N–H and O–H groups in total. The normalized spacial score (nSPS) is 31.1. The molecule has 3 unspecified atom stereocenters. The van der Waals surface area contributed by atoms with E-state index in [1.54, 1.807) is 0 Å². The first-order valence-electron chi connectivity index (χ1n) is 6.97. The van der Waals surface area contributed by atoms with Gasteiger partial charge in [-0.05, 0) is 61.8 Å². The van der Waals surface area contributed by atoms with E-state index in [1.165, 1.54) is 11.1 Å². The lowest BCUT2D eigenvalue weighted by atomic mass is 9.88. The van der Waals surface area contributed by atoms with E-state index in [0.29, 0.717) is 0 Å². The summed E-state index contributed by atoms with van der Waals surface area (Å²) in [5, 5.41) is 9.79. The van der Waals surface area contributed by atoms with Gasteiger partial charge in [-0.2, -0.15) is 0 Å². The molecule has 0 aliphatic heterocycles. The second kappa shape index (κ2) is 4.90. The van der Waals surface area contributed by atoms with Crippen molar-refractivity contribution in [1.29, 1.82) is 0 Å². The van der Waals surface area contributed by atoms with E-state index in [0.717, 1.165) is 44.3 Å². The molecule has 0 bridgehead atoms. The fraction of sp³-hybridized carbons (Fsp3) is 0.600. The molecule has 3 nitrogen and oxygen atoms in total. The third-order valence-electron chi connectivity index (χ3n) is 4.18. The highest BCUT2D eigenvalue weighted by Gasteiger charge is 2.27. The van der Waals surface area contributed by atoms with Crippen LogP contribution in [0, 0.1) is 0 Å². The van der Waals surface area contributed by atoms with Gasteiger partial charge in [0.15, 0.2) is 0 Å². The molecular formula is C15H21NO2. The van der Waals surface area contributed by atoms with Gasteiger partial charge in [-0.1, -0.05) is 6.07 Å². The van der Waals surface area contributed by atoms with Crippen LogP contribution in [0.5, 0.6) is 5.75 Å². The SMILES string of the molecule is NC1CCCc2cc(OC3CCCC3O)ccc21. The summed E-state index contributed by atoms with van der Waals surface area (Å²) >= 11 is 0. The highest BCUT2D eigenvalue weighted by molar-refractivity contribution is 5.39. The fourth-order valence-electron chi connectivity index (χ4n) is 3.12. The first-order chi connectivity index (χ1) is 8.74. The Balaban J connectivity index is 1.77. The molecule has 2 aliphatic carbocycles. The van der Waals surface area contributed by atoms with E-state index in [9.17, 15) is 5.11 Å². The number of rotatable bonds is 2. The van der Waals surface area contributed by atoms with Crippen molar-refractivity contribution in [2.24, 2.45) is 5.73 Å². The van der Waals surface area contributed by atoms with E-state index in [2.05, 4.69) is 12.1 Å². The molecule has 0 spiro atoms. The Labute approximate surface area is 108 Å². The highest BCUT2D eigenvalue weighted by atomic mass is 16.5. The molecule has 3 atom stereocenters. The van der Waals surface area contributed by atoms with Gasteiger partial charge in [-0.3, -0.25) is 0 Å². The Hall–Kier alpha value is -1.06. The Bertz CT molecular complexity index is 433. The number of fused-ring (bicyclic) bond motifs is 1. The largest absolute Gasteiger partial charge is 0.488 e. The van der Waals surface area contributed by atoms with Crippen LogP contribution < -0.4 is 10.5 Å². The summed E-state index contributed by atoms with van der Waals surface area (Å²) in [5.41, 5.74) is 8.68. The molecular weight excluding hydrogens is 226 g/mol. The highest BCUT2D eigenvalue weighted by Crippen LogP contribution is 2.32. The molecule has 1 aromatic carbocycles. The van der Waals surface area contributed by atoms with Crippen molar-refractivity contribution < 1.29 is 9.84 Å². The van der Waals surface area contributed by atoms with Crippen LogP contribution in [0.15, 0.2) is 18.2 Å². The number of nitrogens with two attached hydrogens (primary N) is 1. The maximum absolute atomic E-state index is 9.79. The lowest BCUT2D eigenvalue weighted by Crippen LogP contribution is -2.26. The van der Waals surface area contributed by atoms with E-state index < -0.39 is 0 Å². The molecule has 0 aromatic heterocycles. The third kappa shape index (κ3) is 2.25. The minimum atomic E-state index is -0.303. The Morgan fingerprint density at radius 3 is 2.83 bits per heavy atom.